The van der Waals surface area contributed by atoms with Crippen molar-refractivity contribution in [2.75, 3.05) is 19.6 Å². The number of nitrogens with zero attached hydrogens (tertiary/aromatic N) is 1. The smallest absolute Gasteiger partial charge is 0.254 e. The molecule has 0 radical (unpaired) electrons. The summed E-state index contributed by atoms with van der Waals surface area (Å²) in [6, 6.07) is 3.51. The number of likely N-dealkylation sites (tertiary alicyclic amines) is 1. The van der Waals surface area contributed by atoms with Gasteiger partial charge < -0.3 is 16.2 Å². The maximum atomic E-state index is 13.6. The van der Waals surface area contributed by atoms with E-state index in [1.165, 1.54) is 12.1 Å². The van der Waals surface area contributed by atoms with Crippen LogP contribution in [0.3, 0.4) is 0 Å². The molecule has 1 aliphatic heterocycles. The summed E-state index contributed by atoms with van der Waals surface area (Å²) < 4.78 is 13.6. The van der Waals surface area contributed by atoms with Gasteiger partial charge in [0.2, 0.25) is 0 Å². The number of phenolic OH excluding ortho intramolecular Hbond substituents is 1. The third-order valence-corrected chi connectivity index (χ3v) is 3.63. The van der Waals surface area contributed by atoms with Crippen molar-refractivity contribution >= 4 is 23.1 Å². The fraction of sp³-hybridized carbons (Fsp3) is 0.429. The van der Waals surface area contributed by atoms with E-state index in [1.54, 1.807) is 0 Å². The zero-order valence-corrected chi connectivity index (χ0v) is 12.3. The lowest BCUT2D eigenvalue weighted by molar-refractivity contribution is 0.0911. The van der Waals surface area contributed by atoms with Crippen LogP contribution < -0.4 is 11.1 Å². The number of nitrogens with one attached hydrogen (secondary N) is 1. The van der Waals surface area contributed by atoms with Gasteiger partial charge in [0.25, 0.3) is 5.91 Å². The third kappa shape index (κ3) is 4.37. The van der Waals surface area contributed by atoms with E-state index in [1.807, 2.05) is 0 Å². The first-order chi connectivity index (χ1) is 9.95. The van der Waals surface area contributed by atoms with Crippen molar-refractivity contribution in [3.05, 3.63) is 29.6 Å². The maximum Gasteiger partial charge on any atom is 0.254 e. The van der Waals surface area contributed by atoms with Crippen LogP contribution in [0.4, 0.5) is 4.39 Å². The number of rotatable bonds is 4. The molecule has 21 heavy (non-hydrogen) atoms. The lowest BCUT2D eigenvalue weighted by Gasteiger charge is -2.31. The SMILES string of the molecule is NC(=S)CN1CCC(NC(=O)c2ccc(O)cc2F)CC1. The molecule has 0 atom stereocenters. The fourth-order valence-corrected chi connectivity index (χ4v) is 2.59. The molecule has 114 valence electrons. The molecule has 1 saturated heterocycles. The molecule has 4 N–H and O–H groups in total. The monoisotopic (exact) mass is 311 g/mol. The molecule has 1 aromatic rings. The van der Waals surface area contributed by atoms with E-state index in [2.05, 4.69) is 10.2 Å². The fourth-order valence-electron chi connectivity index (χ4n) is 2.41. The van der Waals surface area contributed by atoms with Gasteiger partial charge in [-0.3, -0.25) is 9.69 Å². The summed E-state index contributed by atoms with van der Waals surface area (Å²) in [7, 11) is 0. The Morgan fingerprint density at radius 2 is 2.14 bits per heavy atom. The molecule has 5 nitrogen and oxygen atoms in total. The normalized spacial score (nSPS) is 16.6. The Morgan fingerprint density at radius 1 is 1.48 bits per heavy atom. The zero-order valence-electron chi connectivity index (χ0n) is 11.5. The summed E-state index contributed by atoms with van der Waals surface area (Å²) in [5.41, 5.74) is 5.44. The van der Waals surface area contributed by atoms with Crippen molar-refractivity contribution in [2.45, 2.75) is 18.9 Å². The summed E-state index contributed by atoms with van der Waals surface area (Å²) >= 11 is 4.87. The average molecular weight is 311 g/mol. The van der Waals surface area contributed by atoms with E-state index in [0.29, 0.717) is 11.5 Å². The van der Waals surface area contributed by atoms with Crippen LogP contribution in [-0.4, -0.2) is 46.6 Å². The number of phenols is 1. The number of carbonyl (C=O) groups excluding carboxylic acids is 1. The summed E-state index contributed by atoms with van der Waals surface area (Å²) in [6.07, 6.45) is 1.54. The predicted octanol–water partition coefficient (Wildman–Crippen LogP) is 1.01. The van der Waals surface area contributed by atoms with Gasteiger partial charge in [0.1, 0.15) is 11.6 Å². The van der Waals surface area contributed by atoms with E-state index in [9.17, 15) is 9.18 Å². The first-order valence-corrected chi connectivity index (χ1v) is 7.16. The van der Waals surface area contributed by atoms with Crippen molar-refractivity contribution in [1.29, 1.82) is 0 Å². The topological polar surface area (TPSA) is 78.6 Å². The highest BCUT2D eigenvalue weighted by Gasteiger charge is 2.22. The molecule has 1 aromatic carbocycles. The zero-order chi connectivity index (χ0) is 15.4. The van der Waals surface area contributed by atoms with Crippen LogP contribution in [0.2, 0.25) is 0 Å². The van der Waals surface area contributed by atoms with E-state index < -0.39 is 11.7 Å². The molecule has 7 heteroatoms. The summed E-state index contributed by atoms with van der Waals surface area (Å²) in [5, 5.41) is 12.0. The largest absolute Gasteiger partial charge is 0.508 e. The molecule has 0 unspecified atom stereocenters. The van der Waals surface area contributed by atoms with E-state index >= 15 is 0 Å². The first kappa shape index (κ1) is 15.7. The summed E-state index contributed by atoms with van der Waals surface area (Å²) in [6.45, 7) is 2.17. The van der Waals surface area contributed by atoms with Crippen LogP contribution in [0.25, 0.3) is 0 Å². The van der Waals surface area contributed by atoms with Crippen molar-refractivity contribution in [2.24, 2.45) is 5.73 Å². The Bertz CT molecular complexity index is 545. The van der Waals surface area contributed by atoms with E-state index in [0.717, 1.165) is 32.0 Å². The van der Waals surface area contributed by atoms with Crippen LogP contribution >= 0.6 is 12.2 Å². The van der Waals surface area contributed by atoms with E-state index in [4.69, 9.17) is 23.1 Å². The van der Waals surface area contributed by atoms with Crippen molar-refractivity contribution in [3.63, 3.8) is 0 Å². The Morgan fingerprint density at radius 3 is 2.71 bits per heavy atom. The van der Waals surface area contributed by atoms with Gasteiger partial charge in [-0.2, -0.15) is 0 Å². The molecule has 0 spiro atoms. The number of aromatic hydroxyl groups is 1. The Balaban J connectivity index is 1.88. The van der Waals surface area contributed by atoms with Crippen molar-refractivity contribution in [3.8, 4) is 5.75 Å². The number of hydrogen-bond donors (Lipinski definition) is 3. The Hall–Kier alpha value is -1.73. The van der Waals surface area contributed by atoms with Crippen LogP contribution in [-0.2, 0) is 0 Å². The molecule has 1 aliphatic rings. The highest BCUT2D eigenvalue weighted by Crippen LogP contribution is 2.16. The molecule has 0 aromatic heterocycles. The summed E-state index contributed by atoms with van der Waals surface area (Å²) in [5.74, 6) is -1.38. The van der Waals surface area contributed by atoms with Crippen molar-refractivity contribution < 1.29 is 14.3 Å². The maximum absolute atomic E-state index is 13.6. The minimum atomic E-state index is -0.724. The molecule has 0 aliphatic carbocycles. The molecule has 2 rings (SSSR count). The second-order valence-corrected chi connectivity index (χ2v) is 5.68. The van der Waals surface area contributed by atoms with Gasteiger partial charge in [0.15, 0.2) is 0 Å². The van der Waals surface area contributed by atoms with Gasteiger partial charge in [-0.1, -0.05) is 12.2 Å². The van der Waals surface area contributed by atoms with Crippen LogP contribution in [0.5, 0.6) is 5.75 Å². The number of carbonyl (C=O) groups is 1. The standard InChI is InChI=1S/C14H18FN3O2S/c15-12-7-10(19)1-2-11(12)14(20)17-9-3-5-18(6-4-9)8-13(16)21/h1-2,7,9,19H,3-6,8H2,(H2,16,21)(H,17,20). The van der Waals surface area contributed by atoms with Crippen LogP contribution in [0, 0.1) is 5.82 Å². The Labute approximate surface area is 127 Å². The first-order valence-electron chi connectivity index (χ1n) is 6.75. The third-order valence-electron chi connectivity index (χ3n) is 3.50. The highest BCUT2D eigenvalue weighted by molar-refractivity contribution is 7.80. The number of nitrogens with two attached hydrogens (primary N) is 1. The lowest BCUT2D eigenvalue weighted by atomic mass is 10.0. The van der Waals surface area contributed by atoms with Crippen LogP contribution in [0.1, 0.15) is 23.2 Å². The number of thiocarbonyl (C=S) groups is 1. The van der Waals surface area contributed by atoms with Gasteiger partial charge in [-0.25, -0.2) is 4.39 Å². The Kier molecular flexibility index (Phi) is 5.08. The lowest BCUT2D eigenvalue weighted by Crippen LogP contribution is -2.46. The molecule has 1 fully saturated rings. The second kappa shape index (κ2) is 6.82. The molecular formula is C14H18FN3O2S. The number of benzene rings is 1. The van der Waals surface area contributed by atoms with Crippen molar-refractivity contribution in [1.82, 2.24) is 10.2 Å². The number of amides is 1. The number of piperidine rings is 1. The van der Waals surface area contributed by atoms with Gasteiger partial charge in [0, 0.05) is 31.7 Å². The molecule has 1 amide bonds. The number of halogens is 1. The van der Waals surface area contributed by atoms with E-state index in [-0.39, 0.29) is 17.4 Å². The predicted molar refractivity (Wildman–Crippen MR) is 81.8 cm³/mol. The minimum absolute atomic E-state index is 0.00768. The minimum Gasteiger partial charge on any atom is -0.508 e. The van der Waals surface area contributed by atoms with Gasteiger partial charge >= 0.3 is 0 Å². The molecular weight excluding hydrogens is 293 g/mol. The average Bonchev–Trinajstić information content (AvgIpc) is 2.40. The molecule has 0 saturated carbocycles. The van der Waals surface area contributed by atoms with Gasteiger partial charge in [-0.15, -0.1) is 0 Å². The molecule has 1 heterocycles. The van der Waals surface area contributed by atoms with Gasteiger partial charge in [-0.05, 0) is 25.0 Å². The quantitative estimate of drug-likeness (QED) is 0.723. The highest BCUT2D eigenvalue weighted by atomic mass is 32.1. The number of hydrogen-bond acceptors (Lipinski definition) is 4. The van der Waals surface area contributed by atoms with Gasteiger partial charge in [0.05, 0.1) is 10.6 Å². The van der Waals surface area contributed by atoms with Crippen LogP contribution in [0.15, 0.2) is 18.2 Å². The molecule has 0 bridgehead atoms. The second-order valence-electron chi connectivity index (χ2n) is 5.15. The summed E-state index contributed by atoms with van der Waals surface area (Å²) in [4.78, 5) is 14.6.